The molecular formula is C26H31BrN2O2. The topological polar surface area (TPSA) is 41.6 Å². The second kappa shape index (κ2) is 7.72. The normalized spacial score (nSPS) is 33.3. The van der Waals surface area contributed by atoms with Crippen LogP contribution >= 0.6 is 15.9 Å². The van der Waals surface area contributed by atoms with Crippen LogP contribution in [0.2, 0.25) is 0 Å². The molecule has 1 saturated heterocycles. The Morgan fingerprint density at radius 2 is 1.87 bits per heavy atom. The van der Waals surface area contributed by atoms with E-state index in [-0.39, 0.29) is 23.4 Å². The average molecular weight is 483 g/mol. The summed E-state index contributed by atoms with van der Waals surface area (Å²) >= 11 is 3.71. The van der Waals surface area contributed by atoms with E-state index in [1.54, 1.807) is 0 Å². The second-order valence-electron chi connectivity index (χ2n) is 9.56. The Hall–Kier alpha value is -1.69. The number of benzene rings is 2. The lowest BCUT2D eigenvalue weighted by molar-refractivity contribution is -0.144. The van der Waals surface area contributed by atoms with Crippen molar-refractivity contribution < 1.29 is 9.53 Å². The number of methoxy groups -OCH3 is 1. The molecule has 5 rings (SSSR count). The minimum absolute atomic E-state index is 0.0203. The Bertz CT molecular complexity index is 986. The van der Waals surface area contributed by atoms with Gasteiger partial charge in [0.2, 0.25) is 5.91 Å². The van der Waals surface area contributed by atoms with E-state index < -0.39 is 5.66 Å². The van der Waals surface area contributed by atoms with E-state index in [2.05, 4.69) is 75.5 Å². The lowest BCUT2D eigenvalue weighted by Crippen LogP contribution is -2.61. The molecule has 2 aliphatic carbocycles. The van der Waals surface area contributed by atoms with Crippen LogP contribution in [0.1, 0.15) is 62.3 Å². The number of carbonyl (C=O) groups is 1. The number of carbonyl (C=O) groups excluding carboxylic acids is 1. The van der Waals surface area contributed by atoms with Crippen LogP contribution in [0.4, 0.5) is 0 Å². The van der Waals surface area contributed by atoms with E-state index in [9.17, 15) is 4.79 Å². The average Bonchev–Trinajstić information content (AvgIpc) is 3.20. The van der Waals surface area contributed by atoms with Gasteiger partial charge in [0.15, 0.2) is 0 Å². The Morgan fingerprint density at radius 1 is 1.16 bits per heavy atom. The maximum Gasteiger partial charge on any atom is 0.241 e. The SMILES string of the molecule is COC1CCC2(CC1)Cc1ccc(Br)cc1[C@]21N[C@H](C)C(=O)N1[C@@H](C)c1ccccc1. The molecular weight excluding hydrogens is 452 g/mol. The first-order chi connectivity index (χ1) is 14.9. The Balaban J connectivity index is 1.70. The van der Waals surface area contributed by atoms with Crippen LogP contribution in [-0.2, 0) is 21.6 Å². The van der Waals surface area contributed by atoms with Gasteiger partial charge in [0.1, 0.15) is 5.66 Å². The molecule has 164 valence electrons. The molecule has 4 nitrogen and oxygen atoms in total. The predicted octanol–water partition coefficient (Wildman–Crippen LogP) is 5.31. The highest BCUT2D eigenvalue weighted by atomic mass is 79.9. The van der Waals surface area contributed by atoms with Gasteiger partial charge in [0.25, 0.3) is 0 Å². The number of halogens is 1. The van der Waals surface area contributed by atoms with Gasteiger partial charge in [-0.1, -0.05) is 52.3 Å². The largest absolute Gasteiger partial charge is 0.381 e. The molecule has 2 aromatic rings. The first-order valence-electron chi connectivity index (χ1n) is 11.4. The molecule has 0 unspecified atom stereocenters. The van der Waals surface area contributed by atoms with E-state index in [0.717, 1.165) is 36.6 Å². The van der Waals surface area contributed by atoms with Crippen molar-refractivity contribution in [2.24, 2.45) is 5.41 Å². The lowest BCUT2D eigenvalue weighted by atomic mass is 9.64. The van der Waals surface area contributed by atoms with Crippen molar-refractivity contribution in [2.45, 2.75) is 69.8 Å². The fourth-order valence-corrected chi connectivity index (χ4v) is 6.89. The number of ether oxygens (including phenoxy) is 1. The maximum absolute atomic E-state index is 13.7. The zero-order valence-corrected chi connectivity index (χ0v) is 20.1. The summed E-state index contributed by atoms with van der Waals surface area (Å²) in [5.41, 5.74) is 3.26. The molecule has 1 amide bonds. The molecule has 1 heterocycles. The van der Waals surface area contributed by atoms with E-state index in [1.807, 2.05) is 20.1 Å². The predicted molar refractivity (Wildman–Crippen MR) is 126 cm³/mol. The molecule has 31 heavy (non-hydrogen) atoms. The summed E-state index contributed by atoms with van der Waals surface area (Å²) in [5, 5.41) is 3.87. The van der Waals surface area contributed by atoms with E-state index in [1.165, 1.54) is 16.7 Å². The van der Waals surface area contributed by atoms with Crippen molar-refractivity contribution in [3.05, 3.63) is 69.7 Å². The summed E-state index contributed by atoms with van der Waals surface area (Å²) in [7, 11) is 1.82. The Morgan fingerprint density at radius 3 is 2.55 bits per heavy atom. The van der Waals surface area contributed by atoms with Crippen molar-refractivity contribution >= 4 is 21.8 Å². The number of hydrogen-bond acceptors (Lipinski definition) is 3. The summed E-state index contributed by atoms with van der Waals surface area (Å²) in [6, 6.07) is 16.8. The number of hydrogen-bond donors (Lipinski definition) is 1. The first-order valence-corrected chi connectivity index (χ1v) is 12.2. The molecule has 0 bridgehead atoms. The van der Waals surface area contributed by atoms with Crippen LogP contribution in [0.5, 0.6) is 0 Å². The number of amides is 1. The van der Waals surface area contributed by atoms with Crippen LogP contribution in [0.15, 0.2) is 53.0 Å². The zero-order valence-electron chi connectivity index (χ0n) is 18.5. The highest BCUT2D eigenvalue weighted by Gasteiger charge is 2.67. The standard InChI is InChI=1S/C26H31BrN2O2/c1-17-24(30)29(18(2)19-7-5-4-6-8-19)26(28-17)23-15-21(27)10-9-20(23)16-25(26)13-11-22(31-3)12-14-25/h4-10,15,17-18,22,28H,11-14,16H2,1-3H3/t17-,18+,22?,25?,26-/m1/s1. The molecule has 3 atom stereocenters. The quantitative estimate of drug-likeness (QED) is 0.643. The third-order valence-corrected chi connectivity index (χ3v) is 8.54. The van der Waals surface area contributed by atoms with Gasteiger partial charge >= 0.3 is 0 Å². The van der Waals surface area contributed by atoms with Gasteiger partial charge in [-0.05, 0) is 74.8 Å². The maximum atomic E-state index is 13.7. The van der Waals surface area contributed by atoms with Crippen molar-refractivity contribution in [1.29, 1.82) is 0 Å². The van der Waals surface area contributed by atoms with Crippen molar-refractivity contribution in [1.82, 2.24) is 10.2 Å². The number of rotatable bonds is 3. The van der Waals surface area contributed by atoms with Crippen LogP contribution in [-0.4, -0.2) is 30.1 Å². The molecule has 5 heteroatoms. The van der Waals surface area contributed by atoms with Crippen molar-refractivity contribution in [3.8, 4) is 0 Å². The van der Waals surface area contributed by atoms with Crippen LogP contribution < -0.4 is 5.32 Å². The van der Waals surface area contributed by atoms with Gasteiger partial charge in [0.05, 0.1) is 18.2 Å². The van der Waals surface area contributed by atoms with Crippen LogP contribution in [0.25, 0.3) is 0 Å². The Kier molecular flexibility index (Phi) is 5.27. The van der Waals surface area contributed by atoms with Gasteiger partial charge in [-0.15, -0.1) is 0 Å². The molecule has 2 fully saturated rings. The molecule has 1 aliphatic heterocycles. The van der Waals surface area contributed by atoms with E-state index in [4.69, 9.17) is 4.74 Å². The molecule has 1 saturated carbocycles. The van der Waals surface area contributed by atoms with E-state index in [0.29, 0.717) is 6.10 Å². The number of fused-ring (bicyclic) bond motifs is 3. The first kappa shape index (κ1) is 21.2. The smallest absolute Gasteiger partial charge is 0.241 e. The third kappa shape index (κ3) is 3.04. The van der Waals surface area contributed by atoms with Crippen LogP contribution in [0, 0.1) is 5.41 Å². The van der Waals surface area contributed by atoms with E-state index >= 15 is 0 Å². The highest BCUT2D eigenvalue weighted by molar-refractivity contribution is 9.10. The fourth-order valence-electron chi connectivity index (χ4n) is 6.53. The molecule has 0 radical (unpaired) electrons. The minimum atomic E-state index is -0.503. The fraction of sp³-hybridized carbons (Fsp3) is 0.500. The monoisotopic (exact) mass is 482 g/mol. The Labute approximate surface area is 193 Å². The third-order valence-electron chi connectivity index (χ3n) is 8.04. The second-order valence-corrected chi connectivity index (χ2v) is 10.5. The van der Waals surface area contributed by atoms with Gasteiger partial charge in [-0.25, -0.2) is 0 Å². The molecule has 2 spiro atoms. The summed E-state index contributed by atoms with van der Waals surface area (Å²) in [4.78, 5) is 15.9. The minimum Gasteiger partial charge on any atom is -0.381 e. The molecule has 0 aromatic heterocycles. The highest BCUT2D eigenvalue weighted by Crippen LogP contribution is 2.62. The van der Waals surface area contributed by atoms with Gasteiger partial charge < -0.3 is 9.64 Å². The zero-order chi connectivity index (χ0) is 21.8. The van der Waals surface area contributed by atoms with Gasteiger partial charge in [0, 0.05) is 17.0 Å². The van der Waals surface area contributed by atoms with Crippen molar-refractivity contribution in [3.63, 3.8) is 0 Å². The molecule has 1 N–H and O–H groups in total. The number of nitrogens with zero attached hydrogens (tertiary/aromatic N) is 1. The van der Waals surface area contributed by atoms with Gasteiger partial charge in [-0.3, -0.25) is 10.1 Å². The molecule has 3 aliphatic rings. The summed E-state index contributed by atoms with van der Waals surface area (Å²) in [5.74, 6) is 0.192. The summed E-state index contributed by atoms with van der Waals surface area (Å²) < 4.78 is 6.78. The summed E-state index contributed by atoms with van der Waals surface area (Å²) in [6.45, 7) is 4.20. The van der Waals surface area contributed by atoms with Crippen LogP contribution in [0.3, 0.4) is 0 Å². The number of nitrogens with one attached hydrogen (secondary N) is 1. The summed E-state index contributed by atoms with van der Waals surface area (Å²) in [6.07, 6.45) is 5.46. The van der Waals surface area contributed by atoms with Crippen molar-refractivity contribution in [2.75, 3.05) is 7.11 Å². The molecule has 2 aromatic carbocycles. The van der Waals surface area contributed by atoms with Gasteiger partial charge in [-0.2, -0.15) is 0 Å². The lowest BCUT2D eigenvalue weighted by Gasteiger charge is -2.53.